The minimum atomic E-state index is -0.352. The van der Waals surface area contributed by atoms with Gasteiger partial charge in [0.2, 0.25) is 0 Å². The van der Waals surface area contributed by atoms with Crippen LogP contribution in [-0.4, -0.2) is 11.5 Å². The molecule has 0 fully saturated rings. The minimum absolute atomic E-state index is 0.352. The van der Waals surface area contributed by atoms with Gasteiger partial charge in [0.15, 0.2) is 0 Å². The predicted molar refractivity (Wildman–Crippen MR) is 105 cm³/mol. The molecule has 3 aromatic rings. The standard InChI is InChI=1S/C21H16BrN3O/c22-15-4-6-19-17(9-15)21(10-20(23)25-12-21)16-8-13(3-5-18(16)26-19)14-2-1-7-24-11-14/h1-11,25H,12,23H2/t21-/m0/s1. The molecule has 26 heavy (non-hydrogen) atoms. The summed E-state index contributed by atoms with van der Waals surface area (Å²) in [4.78, 5) is 4.24. The number of hydrogen-bond acceptors (Lipinski definition) is 4. The summed E-state index contributed by atoms with van der Waals surface area (Å²) < 4.78 is 7.23. The summed E-state index contributed by atoms with van der Waals surface area (Å²) in [6.45, 7) is 0.704. The van der Waals surface area contributed by atoms with Gasteiger partial charge in [0.05, 0.1) is 11.2 Å². The van der Waals surface area contributed by atoms with E-state index in [1.54, 1.807) is 6.20 Å². The highest BCUT2D eigenvalue weighted by molar-refractivity contribution is 9.10. The van der Waals surface area contributed by atoms with Gasteiger partial charge in [-0.1, -0.05) is 28.1 Å². The molecule has 3 N–H and O–H groups in total. The van der Waals surface area contributed by atoms with E-state index in [0.29, 0.717) is 12.4 Å². The molecule has 0 unspecified atom stereocenters. The van der Waals surface area contributed by atoms with Gasteiger partial charge in [0.1, 0.15) is 11.5 Å². The molecule has 0 saturated carbocycles. The maximum atomic E-state index is 6.21. The number of hydrogen-bond donors (Lipinski definition) is 2. The second-order valence-electron chi connectivity index (χ2n) is 6.62. The molecule has 1 aromatic heterocycles. The number of fused-ring (bicyclic) bond motifs is 4. The molecular formula is C21H16BrN3O. The number of benzene rings is 2. The van der Waals surface area contributed by atoms with Crippen molar-refractivity contribution in [2.24, 2.45) is 5.73 Å². The van der Waals surface area contributed by atoms with Crippen molar-refractivity contribution in [3.63, 3.8) is 0 Å². The number of ether oxygens (including phenoxy) is 1. The van der Waals surface area contributed by atoms with Crippen LogP contribution in [0.3, 0.4) is 0 Å². The molecule has 0 amide bonds. The molecule has 5 rings (SSSR count). The first kappa shape index (κ1) is 15.5. The SMILES string of the molecule is NC1=C[C@@]2(CN1)c1cc(Br)ccc1Oc1ccc(-c3cccnc3)cc12. The van der Waals surface area contributed by atoms with Crippen molar-refractivity contribution in [3.05, 3.63) is 88.4 Å². The largest absolute Gasteiger partial charge is 0.457 e. The fourth-order valence-electron chi connectivity index (χ4n) is 3.84. The summed E-state index contributed by atoms with van der Waals surface area (Å²) in [5.41, 5.74) is 10.2. The van der Waals surface area contributed by atoms with E-state index in [1.165, 1.54) is 0 Å². The highest BCUT2D eigenvalue weighted by Gasteiger charge is 2.43. The zero-order valence-corrected chi connectivity index (χ0v) is 15.5. The third-order valence-corrected chi connectivity index (χ3v) is 5.56. The van der Waals surface area contributed by atoms with Crippen LogP contribution in [0.1, 0.15) is 11.1 Å². The fourth-order valence-corrected chi connectivity index (χ4v) is 4.20. The first-order valence-corrected chi connectivity index (χ1v) is 9.20. The highest BCUT2D eigenvalue weighted by Crippen LogP contribution is 2.51. The van der Waals surface area contributed by atoms with Crippen molar-refractivity contribution in [2.45, 2.75) is 5.41 Å². The van der Waals surface area contributed by atoms with E-state index >= 15 is 0 Å². The van der Waals surface area contributed by atoms with E-state index < -0.39 is 0 Å². The third kappa shape index (κ3) is 2.24. The van der Waals surface area contributed by atoms with Gasteiger partial charge >= 0.3 is 0 Å². The van der Waals surface area contributed by atoms with E-state index in [2.05, 4.69) is 56.6 Å². The second-order valence-corrected chi connectivity index (χ2v) is 7.54. The van der Waals surface area contributed by atoms with Crippen LogP contribution in [0.5, 0.6) is 11.5 Å². The summed E-state index contributed by atoms with van der Waals surface area (Å²) in [5.74, 6) is 2.42. The molecule has 0 aliphatic carbocycles. The summed E-state index contributed by atoms with van der Waals surface area (Å²) in [6.07, 6.45) is 5.76. The van der Waals surface area contributed by atoms with Gasteiger partial charge in [0.25, 0.3) is 0 Å². The normalized spacial score (nSPS) is 20.0. The number of pyridine rings is 1. The minimum Gasteiger partial charge on any atom is -0.457 e. The molecule has 2 aromatic carbocycles. The van der Waals surface area contributed by atoms with Crippen molar-refractivity contribution in [3.8, 4) is 22.6 Å². The van der Waals surface area contributed by atoms with Crippen LogP contribution >= 0.6 is 15.9 Å². The smallest absolute Gasteiger partial charge is 0.132 e. The molecule has 0 radical (unpaired) electrons. The van der Waals surface area contributed by atoms with Gasteiger partial charge in [-0.3, -0.25) is 4.98 Å². The van der Waals surface area contributed by atoms with Crippen molar-refractivity contribution in [1.82, 2.24) is 10.3 Å². The van der Waals surface area contributed by atoms with E-state index in [4.69, 9.17) is 10.5 Å². The molecule has 2 aliphatic rings. The van der Waals surface area contributed by atoms with Crippen molar-refractivity contribution in [1.29, 1.82) is 0 Å². The highest BCUT2D eigenvalue weighted by atomic mass is 79.9. The lowest BCUT2D eigenvalue weighted by Gasteiger charge is -2.36. The molecule has 0 saturated heterocycles. The lowest BCUT2D eigenvalue weighted by Crippen LogP contribution is -2.34. The maximum absolute atomic E-state index is 6.21. The summed E-state index contributed by atoms with van der Waals surface area (Å²) in [7, 11) is 0. The van der Waals surface area contributed by atoms with Crippen LogP contribution in [0.15, 0.2) is 77.3 Å². The molecular weight excluding hydrogens is 390 g/mol. The predicted octanol–water partition coefficient (Wildman–Crippen LogP) is 4.31. The Kier molecular flexibility index (Phi) is 3.34. The molecule has 2 aliphatic heterocycles. The van der Waals surface area contributed by atoms with Crippen LogP contribution in [0.4, 0.5) is 0 Å². The number of nitrogens with two attached hydrogens (primary N) is 1. The van der Waals surface area contributed by atoms with Gasteiger partial charge in [-0.15, -0.1) is 0 Å². The van der Waals surface area contributed by atoms with Crippen LogP contribution in [0.25, 0.3) is 11.1 Å². The van der Waals surface area contributed by atoms with Crippen molar-refractivity contribution >= 4 is 15.9 Å². The Morgan fingerprint density at radius 1 is 1.04 bits per heavy atom. The van der Waals surface area contributed by atoms with Gasteiger partial charge in [-0.25, -0.2) is 0 Å². The number of nitrogens with zero attached hydrogens (tertiary/aromatic N) is 1. The Bertz CT molecular complexity index is 1050. The lowest BCUT2D eigenvalue weighted by atomic mass is 9.72. The number of nitrogens with one attached hydrogen (secondary N) is 1. The maximum Gasteiger partial charge on any atom is 0.132 e. The van der Waals surface area contributed by atoms with Crippen LogP contribution in [-0.2, 0) is 5.41 Å². The topological polar surface area (TPSA) is 60.2 Å². The Morgan fingerprint density at radius 2 is 1.85 bits per heavy atom. The molecule has 0 bridgehead atoms. The van der Waals surface area contributed by atoms with Gasteiger partial charge in [0, 0.05) is 40.1 Å². The van der Waals surface area contributed by atoms with E-state index in [0.717, 1.165) is 38.2 Å². The lowest BCUT2D eigenvalue weighted by molar-refractivity contribution is 0.424. The van der Waals surface area contributed by atoms with Gasteiger partial charge in [-0.05, 0) is 48.0 Å². The molecule has 128 valence electrons. The first-order valence-electron chi connectivity index (χ1n) is 8.41. The summed E-state index contributed by atoms with van der Waals surface area (Å²) in [6, 6.07) is 16.4. The fraction of sp³-hybridized carbons (Fsp3) is 0.0952. The average molecular weight is 406 g/mol. The van der Waals surface area contributed by atoms with Gasteiger partial charge < -0.3 is 15.8 Å². The Hall–Kier alpha value is -2.79. The summed E-state index contributed by atoms with van der Waals surface area (Å²) in [5, 5.41) is 3.30. The van der Waals surface area contributed by atoms with E-state index in [-0.39, 0.29) is 5.41 Å². The zero-order chi connectivity index (χ0) is 17.7. The van der Waals surface area contributed by atoms with Crippen LogP contribution in [0.2, 0.25) is 0 Å². The number of rotatable bonds is 1. The monoisotopic (exact) mass is 405 g/mol. The molecule has 5 heteroatoms. The Morgan fingerprint density at radius 3 is 2.58 bits per heavy atom. The molecule has 1 atom stereocenters. The van der Waals surface area contributed by atoms with Crippen molar-refractivity contribution < 1.29 is 4.74 Å². The van der Waals surface area contributed by atoms with Crippen molar-refractivity contribution in [2.75, 3.05) is 6.54 Å². The number of halogens is 1. The molecule has 4 nitrogen and oxygen atoms in total. The van der Waals surface area contributed by atoms with Gasteiger partial charge in [-0.2, -0.15) is 0 Å². The molecule has 3 heterocycles. The molecule has 1 spiro atoms. The first-order chi connectivity index (χ1) is 12.7. The van der Waals surface area contributed by atoms with Crippen LogP contribution in [0, 0.1) is 0 Å². The Balaban J connectivity index is 1.76. The summed E-state index contributed by atoms with van der Waals surface area (Å²) >= 11 is 3.59. The third-order valence-electron chi connectivity index (χ3n) is 5.07. The quantitative estimate of drug-likeness (QED) is 0.633. The van der Waals surface area contributed by atoms with Crippen LogP contribution < -0.4 is 15.8 Å². The number of aromatic nitrogens is 1. The van der Waals surface area contributed by atoms with E-state index in [9.17, 15) is 0 Å². The average Bonchev–Trinajstić information content (AvgIpc) is 3.06. The zero-order valence-electron chi connectivity index (χ0n) is 13.9. The Labute approximate surface area is 159 Å². The van der Waals surface area contributed by atoms with E-state index in [1.807, 2.05) is 30.5 Å². The second kappa shape index (κ2) is 5.61.